The van der Waals surface area contributed by atoms with Crippen molar-refractivity contribution in [1.82, 2.24) is 9.38 Å². The van der Waals surface area contributed by atoms with Crippen molar-refractivity contribution in [3.8, 4) is 0 Å². The molecule has 9 heteroatoms. The van der Waals surface area contributed by atoms with E-state index < -0.39 is 16.2 Å². The van der Waals surface area contributed by atoms with Crippen LogP contribution >= 0.6 is 0 Å². The Morgan fingerprint density at radius 3 is 2.61 bits per heavy atom. The number of hydrogen-bond acceptors (Lipinski definition) is 7. The van der Waals surface area contributed by atoms with E-state index >= 15 is 0 Å². The van der Waals surface area contributed by atoms with Crippen molar-refractivity contribution in [2.45, 2.75) is 38.0 Å². The number of nitrogens with one attached hydrogen (secondary N) is 1. The van der Waals surface area contributed by atoms with E-state index in [0.29, 0.717) is 18.9 Å². The molecule has 162 valence electrons. The molecule has 0 saturated carbocycles. The summed E-state index contributed by atoms with van der Waals surface area (Å²) >= 11 is 0. The Balaban J connectivity index is 1.68. The van der Waals surface area contributed by atoms with E-state index in [2.05, 4.69) is 10.3 Å². The van der Waals surface area contributed by atoms with Crippen LogP contribution in [0.4, 0.5) is 11.5 Å². The lowest BCUT2D eigenvalue weighted by Crippen LogP contribution is -2.33. The molecule has 4 rings (SSSR count). The summed E-state index contributed by atoms with van der Waals surface area (Å²) in [5.74, 6) is -0.0646. The molecule has 0 aliphatic carbocycles. The fourth-order valence-electron chi connectivity index (χ4n) is 3.78. The van der Waals surface area contributed by atoms with Crippen LogP contribution in [0.2, 0.25) is 0 Å². The van der Waals surface area contributed by atoms with E-state index in [1.54, 1.807) is 18.2 Å². The minimum absolute atomic E-state index is 0.0216. The van der Waals surface area contributed by atoms with Crippen molar-refractivity contribution in [2.75, 3.05) is 18.5 Å². The molecule has 2 unspecified atom stereocenters. The van der Waals surface area contributed by atoms with Crippen LogP contribution in [0, 0.1) is 10.1 Å². The highest BCUT2D eigenvalue weighted by atomic mass is 16.6. The fraction of sp³-hybridized carbons (Fsp3) is 0.364. The van der Waals surface area contributed by atoms with Gasteiger partial charge in [-0.3, -0.25) is 19.3 Å². The van der Waals surface area contributed by atoms with Gasteiger partial charge in [0.15, 0.2) is 0 Å². The smallest absolute Gasteiger partial charge is 0.376 e. The molecule has 31 heavy (non-hydrogen) atoms. The number of anilines is 1. The molecule has 1 N–H and O–H groups in total. The van der Waals surface area contributed by atoms with Gasteiger partial charge in [-0.2, -0.15) is 0 Å². The zero-order valence-electron chi connectivity index (χ0n) is 17.1. The summed E-state index contributed by atoms with van der Waals surface area (Å²) < 4.78 is 13.0. The monoisotopic (exact) mass is 424 g/mol. The molecule has 0 bridgehead atoms. The number of benzene rings is 1. The second kappa shape index (κ2) is 9.23. The Morgan fingerprint density at radius 2 is 1.90 bits per heavy atom. The van der Waals surface area contributed by atoms with Crippen molar-refractivity contribution in [1.29, 1.82) is 0 Å². The predicted octanol–water partition coefficient (Wildman–Crippen LogP) is 3.34. The Morgan fingerprint density at radius 1 is 1.19 bits per heavy atom. The molecular weight excluding hydrogens is 400 g/mol. The van der Waals surface area contributed by atoms with Gasteiger partial charge in [0.2, 0.25) is 5.82 Å². The van der Waals surface area contributed by atoms with E-state index in [9.17, 15) is 14.9 Å². The normalized spacial score (nSPS) is 16.7. The molecule has 2 aromatic heterocycles. The second-order valence-electron chi connectivity index (χ2n) is 7.51. The number of ether oxygens (including phenoxy) is 2. The maximum Gasteiger partial charge on any atom is 0.376 e. The van der Waals surface area contributed by atoms with Crippen LogP contribution in [0.3, 0.4) is 0 Å². The van der Waals surface area contributed by atoms with Gasteiger partial charge in [0.05, 0.1) is 17.1 Å². The fourth-order valence-corrected chi connectivity index (χ4v) is 3.78. The first-order chi connectivity index (χ1) is 15.0. The first kappa shape index (κ1) is 21.0. The van der Waals surface area contributed by atoms with Crippen LogP contribution in [0.5, 0.6) is 0 Å². The van der Waals surface area contributed by atoms with Gasteiger partial charge in [-0.05, 0) is 37.5 Å². The van der Waals surface area contributed by atoms with E-state index in [1.165, 1.54) is 10.6 Å². The van der Waals surface area contributed by atoms with Crippen LogP contribution in [0.25, 0.3) is 5.65 Å². The summed E-state index contributed by atoms with van der Waals surface area (Å²) in [4.78, 5) is 28.1. The van der Waals surface area contributed by atoms with Crippen molar-refractivity contribution < 1.29 is 14.4 Å². The summed E-state index contributed by atoms with van der Waals surface area (Å²) in [6, 6.07) is 14.3. The molecule has 1 fully saturated rings. The quantitative estimate of drug-likeness (QED) is 0.458. The minimum Gasteiger partial charge on any atom is -0.381 e. The molecular formula is C22H24N4O5. The number of nitro groups is 1. The van der Waals surface area contributed by atoms with Gasteiger partial charge in [-0.15, -0.1) is 0 Å². The summed E-state index contributed by atoms with van der Waals surface area (Å²) in [7, 11) is 0. The molecule has 1 aliphatic heterocycles. The Bertz CT molecular complexity index is 1110. The summed E-state index contributed by atoms with van der Waals surface area (Å²) in [5.41, 5.74) is -0.0519. The van der Waals surface area contributed by atoms with Gasteiger partial charge < -0.3 is 14.8 Å². The molecule has 2 atom stereocenters. The predicted molar refractivity (Wildman–Crippen MR) is 115 cm³/mol. The van der Waals surface area contributed by atoms with Gasteiger partial charge in [-0.1, -0.05) is 36.4 Å². The number of nitrogens with zero attached hydrogens (tertiary/aromatic N) is 3. The Labute approximate surface area is 178 Å². The Kier molecular flexibility index (Phi) is 6.24. The molecule has 3 aromatic rings. The number of fused-ring (bicyclic) bond motifs is 1. The van der Waals surface area contributed by atoms with E-state index in [4.69, 9.17) is 9.47 Å². The molecule has 0 amide bonds. The number of pyridine rings is 1. The van der Waals surface area contributed by atoms with Gasteiger partial charge >= 0.3 is 11.2 Å². The van der Waals surface area contributed by atoms with E-state index in [-0.39, 0.29) is 24.1 Å². The lowest BCUT2D eigenvalue weighted by molar-refractivity contribution is -0.385. The standard InChI is InChI=1S/C22H24N4O5/c1-15(20(16-7-3-2-4-8-16)31-17-10-13-30-14-11-17)23-21-19(26(28)29)22(27)25-12-6-5-9-18(25)24-21/h2-9,12,15,17,20,23H,10-11,13-14H2,1H3. The molecule has 1 aliphatic rings. The Hall–Kier alpha value is -3.30. The van der Waals surface area contributed by atoms with Gasteiger partial charge in [-0.25, -0.2) is 4.98 Å². The van der Waals surface area contributed by atoms with Crippen LogP contribution in [0.1, 0.15) is 31.4 Å². The average Bonchev–Trinajstić information content (AvgIpc) is 2.78. The van der Waals surface area contributed by atoms with Crippen molar-refractivity contribution in [3.05, 3.63) is 80.8 Å². The molecule has 1 aromatic carbocycles. The van der Waals surface area contributed by atoms with E-state index in [1.807, 2.05) is 37.3 Å². The first-order valence-electron chi connectivity index (χ1n) is 10.2. The largest absolute Gasteiger partial charge is 0.381 e. The third-order valence-electron chi connectivity index (χ3n) is 5.35. The maximum atomic E-state index is 12.7. The molecule has 1 saturated heterocycles. The molecule has 9 nitrogen and oxygen atoms in total. The van der Waals surface area contributed by atoms with Crippen LogP contribution in [0.15, 0.2) is 59.5 Å². The number of rotatable bonds is 7. The lowest BCUT2D eigenvalue weighted by Gasteiger charge is -2.32. The molecule has 3 heterocycles. The first-order valence-corrected chi connectivity index (χ1v) is 10.2. The zero-order valence-corrected chi connectivity index (χ0v) is 17.1. The van der Waals surface area contributed by atoms with Crippen molar-refractivity contribution in [3.63, 3.8) is 0 Å². The summed E-state index contributed by atoms with van der Waals surface area (Å²) in [5, 5.41) is 14.8. The average molecular weight is 424 g/mol. The molecule has 0 spiro atoms. The SMILES string of the molecule is CC(Nc1nc2ccccn2c(=O)c1[N+](=O)[O-])C(OC1CCOCC1)c1ccccc1. The van der Waals surface area contributed by atoms with Gasteiger partial charge in [0, 0.05) is 19.4 Å². The van der Waals surface area contributed by atoms with Crippen molar-refractivity contribution in [2.24, 2.45) is 0 Å². The highest BCUT2D eigenvalue weighted by molar-refractivity contribution is 5.60. The third kappa shape index (κ3) is 4.57. The van der Waals surface area contributed by atoms with Crippen LogP contribution in [-0.2, 0) is 9.47 Å². The van der Waals surface area contributed by atoms with Gasteiger partial charge in [0.25, 0.3) is 0 Å². The van der Waals surface area contributed by atoms with Crippen LogP contribution < -0.4 is 10.9 Å². The zero-order chi connectivity index (χ0) is 21.8. The van der Waals surface area contributed by atoms with Gasteiger partial charge in [0.1, 0.15) is 11.8 Å². The van der Waals surface area contributed by atoms with E-state index in [0.717, 1.165) is 18.4 Å². The highest BCUT2D eigenvalue weighted by Gasteiger charge is 2.30. The minimum atomic E-state index is -0.730. The topological polar surface area (TPSA) is 108 Å². The second-order valence-corrected chi connectivity index (χ2v) is 7.51. The molecule has 0 radical (unpaired) electrons. The van der Waals surface area contributed by atoms with Crippen LogP contribution in [-0.4, -0.2) is 39.7 Å². The number of hydrogen-bond donors (Lipinski definition) is 1. The lowest BCUT2D eigenvalue weighted by atomic mass is 10.0. The summed E-state index contributed by atoms with van der Waals surface area (Å²) in [6.07, 6.45) is 2.66. The highest BCUT2D eigenvalue weighted by Crippen LogP contribution is 2.29. The summed E-state index contributed by atoms with van der Waals surface area (Å²) in [6.45, 7) is 3.15. The number of aromatic nitrogens is 2. The third-order valence-corrected chi connectivity index (χ3v) is 5.35. The van der Waals surface area contributed by atoms with Crippen molar-refractivity contribution >= 4 is 17.2 Å². The maximum absolute atomic E-state index is 12.7.